The Morgan fingerprint density at radius 2 is 2.55 bits per heavy atom. The Balaban J connectivity index is 2.20. The number of fused-ring (bicyclic) bond motifs is 1. The molecule has 2 heteroatoms. The minimum Gasteiger partial charge on any atom is -0.376 e. The van der Waals surface area contributed by atoms with Crippen LogP contribution in [0.4, 0.5) is 0 Å². The second-order valence-corrected chi connectivity index (χ2v) is 4.35. The van der Waals surface area contributed by atoms with Gasteiger partial charge in [-0.1, -0.05) is 12.2 Å². The zero-order chi connectivity index (χ0) is 7.68. The third-order valence-corrected chi connectivity index (χ3v) is 3.52. The summed E-state index contributed by atoms with van der Waals surface area (Å²) >= 11 is 2.09. The summed E-state index contributed by atoms with van der Waals surface area (Å²) < 4.78 is 0. The van der Waals surface area contributed by atoms with Crippen molar-refractivity contribution in [3.63, 3.8) is 0 Å². The highest BCUT2D eigenvalue weighted by Crippen LogP contribution is 2.31. The molecule has 11 heavy (non-hydrogen) atoms. The van der Waals surface area contributed by atoms with E-state index in [2.05, 4.69) is 41.9 Å². The highest BCUT2D eigenvalue weighted by atomic mass is 32.2. The van der Waals surface area contributed by atoms with Crippen LogP contribution in [0.3, 0.4) is 0 Å². The Kier molecular flexibility index (Phi) is 1.95. The van der Waals surface area contributed by atoms with E-state index in [4.69, 9.17) is 0 Å². The molecule has 2 aliphatic rings. The summed E-state index contributed by atoms with van der Waals surface area (Å²) in [5.74, 6) is 1.28. The lowest BCUT2D eigenvalue weighted by Gasteiger charge is -2.34. The lowest BCUT2D eigenvalue weighted by atomic mass is 10.1. The Morgan fingerprint density at radius 1 is 1.64 bits per heavy atom. The standard InChI is InChI=1S/C9H13NS/c1-10-6-7-11-9-5-3-2-4-8(9)10/h2-4,9H,5-7H2,1H3. The van der Waals surface area contributed by atoms with Crippen molar-refractivity contribution in [2.24, 2.45) is 0 Å². The van der Waals surface area contributed by atoms with Crippen molar-refractivity contribution in [3.05, 3.63) is 23.9 Å². The topological polar surface area (TPSA) is 3.24 Å². The highest BCUT2D eigenvalue weighted by molar-refractivity contribution is 8.00. The van der Waals surface area contributed by atoms with Crippen LogP contribution in [0.2, 0.25) is 0 Å². The third-order valence-electron chi connectivity index (χ3n) is 2.27. The Hall–Kier alpha value is -0.370. The molecule has 0 aromatic carbocycles. The zero-order valence-electron chi connectivity index (χ0n) is 6.79. The first kappa shape index (κ1) is 7.29. The van der Waals surface area contributed by atoms with E-state index in [0.29, 0.717) is 0 Å². The van der Waals surface area contributed by atoms with Gasteiger partial charge in [0, 0.05) is 30.3 Å². The molecule has 0 saturated carbocycles. The van der Waals surface area contributed by atoms with E-state index in [0.717, 1.165) is 5.25 Å². The molecule has 0 amide bonds. The molecule has 0 bridgehead atoms. The van der Waals surface area contributed by atoms with Crippen molar-refractivity contribution in [1.29, 1.82) is 0 Å². The largest absolute Gasteiger partial charge is 0.376 e. The molecule has 60 valence electrons. The summed E-state index contributed by atoms with van der Waals surface area (Å²) in [6.07, 6.45) is 7.91. The second kappa shape index (κ2) is 2.94. The number of rotatable bonds is 0. The molecule has 1 aliphatic carbocycles. The molecular weight excluding hydrogens is 154 g/mol. The van der Waals surface area contributed by atoms with Gasteiger partial charge in [-0.05, 0) is 12.5 Å². The molecular formula is C9H13NS. The van der Waals surface area contributed by atoms with E-state index in [-0.39, 0.29) is 0 Å². The van der Waals surface area contributed by atoms with Crippen LogP contribution in [0.5, 0.6) is 0 Å². The monoisotopic (exact) mass is 167 g/mol. The van der Waals surface area contributed by atoms with E-state index in [1.54, 1.807) is 0 Å². The van der Waals surface area contributed by atoms with Crippen LogP contribution in [0.25, 0.3) is 0 Å². The van der Waals surface area contributed by atoms with Crippen LogP contribution in [-0.4, -0.2) is 29.5 Å². The maximum absolute atomic E-state index is 2.38. The van der Waals surface area contributed by atoms with Gasteiger partial charge in [0.25, 0.3) is 0 Å². The molecule has 2 rings (SSSR count). The third kappa shape index (κ3) is 1.32. The Bertz CT molecular complexity index is 208. The van der Waals surface area contributed by atoms with Gasteiger partial charge in [-0.15, -0.1) is 0 Å². The second-order valence-electron chi connectivity index (χ2n) is 3.04. The number of hydrogen-bond donors (Lipinski definition) is 0. The molecule has 1 saturated heterocycles. The Morgan fingerprint density at radius 3 is 3.36 bits per heavy atom. The van der Waals surface area contributed by atoms with Crippen LogP contribution in [0.15, 0.2) is 23.9 Å². The van der Waals surface area contributed by atoms with Crippen molar-refractivity contribution in [1.82, 2.24) is 4.90 Å². The van der Waals surface area contributed by atoms with Gasteiger partial charge in [-0.2, -0.15) is 11.8 Å². The summed E-state index contributed by atoms with van der Waals surface area (Å²) in [5, 5.41) is 0.749. The van der Waals surface area contributed by atoms with Crippen LogP contribution in [0, 0.1) is 0 Å². The molecule has 1 atom stereocenters. The maximum atomic E-state index is 2.38. The van der Waals surface area contributed by atoms with Crippen molar-refractivity contribution in [2.45, 2.75) is 11.7 Å². The van der Waals surface area contributed by atoms with E-state index >= 15 is 0 Å². The lowest BCUT2D eigenvalue weighted by molar-refractivity contribution is 0.419. The van der Waals surface area contributed by atoms with E-state index in [1.807, 2.05) is 0 Å². The predicted molar refractivity (Wildman–Crippen MR) is 50.7 cm³/mol. The molecule has 0 N–H and O–H groups in total. The molecule has 1 aliphatic heterocycles. The zero-order valence-corrected chi connectivity index (χ0v) is 7.60. The van der Waals surface area contributed by atoms with E-state index in [1.165, 1.54) is 24.4 Å². The lowest BCUT2D eigenvalue weighted by Crippen LogP contribution is -2.33. The molecule has 0 aromatic heterocycles. The molecule has 1 nitrogen and oxygen atoms in total. The van der Waals surface area contributed by atoms with Crippen molar-refractivity contribution >= 4 is 11.8 Å². The first-order chi connectivity index (χ1) is 5.38. The molecule has 0 aromatic rings. The number of nitrogens with zero attached hydrogens (tertiary/aromatic N) is 1. The fraction of sp³-hybridized carbons (Fsp3) is 0.556. The molecule has 1 fully saturated rings. The number of allylic oxidation sites excluding steroid dienone is 3. The molecule has 1 unspecified atom stereocenters. The summed E-state index contributed by atoms with van der Waals surface area (Å²) in [6, 6.07) is 0. The highest BCUT2D eigenvalue weighted by Gasteiger charge is 2.22. The average molecular weight is 167 g/mol. The van der Waals surface area contributed by atoms with Gasteiger partial charge in [0.1, 0.15) is 0 Å². The van der Waals surface area contributed by atoms with Crippen molar-refractivity contribution in [2.75, 3.05) is 19.3 Å². The number of hydrogen-bond acceptors (Lipinski definition) is 2. The first-order valence-corrected chi connectivity index (χ1v) is 5.12. The van der Waals surface area contributed by atoms with Crippen LogP contribution >= 0.6 is 11.8 Å². The SMILES string of the molecule is CN1CCSC2CC=CC=C21. The van der Waals surface area contributed by atoms with Gasteiger partial charge in [0.15, 0.2) is 0 Å². The van der Waals surface area contributed by atoms with Gasteiger partial charge in [0.2, 0.25) is 0 Å². The summed E-state index contributed by atoms with van der Waals surface area (Å²) in [5.41, 5.74) is 1.52. The number of thioether (sulfide) groups is 1. The minimum absolute atomic E-state index is 0.749. The van der Waals surface area contributed by atoms with Crippen LogP contribution in [0.1, 0.15) is 6.42 Å². The van der Waals surface area contributed by atoms with Crippen LogP contribution in [-0.2, 0) is 0 Å². The summed E-state index contributed by atoms with van der Waals surface area (Å²) in [4.78, 5) is 2.38. The fourth-order valence-corrected chi connectivity index (χ4v) is 2.92. The fourth-order valence-electron chi connectivity index (χ4n) is 1.58. The molecule has 0 spiro atoms. The predicted octanol–water partition coefficient (Wildman–Crippen LogP) is 1.88. The maximum Gasteiger partial charge on any atom is 0.0481 e. The van der Waals surface area contributed by atoms with Crippen molar-refractivity contribution in [3.8, 4) is 0 Å². The van der Waals surface area contributed by atoms with E-state index < -0.39 is 0 Å². The van der Waals surface area contributed by atoms with Gasteiger partial charge in [-0.3, -0.25) is 0 Å². The molecule has 0 radical (unpaired) electrons. The summed E-state index contributed by atoms with van der Waals surface area (Å²) in [7, 11) is 2.19. The first-order valence-electron chi connectivity index (χ1n) is 4.07. The van der Waals surface area contributed by atoms with Gasteiger partial charge >= 0.3 is 0 Å². The van der Waals surface area contributed by atoms with Gasteiger partial charge < -0.3 is 4.90 Å². The summed E-state index contributed by atoms with van der Waals surface area (Å²) in [6.45, 7) is 1.21. The van der Waals surface area contributed by atoms with E-state index in [9.17, 15) is 0 Å². The molecule has 1 heterocycles. The van der Waals surface area contributed by atoms with Gasteiger partial charge in [0.05, 0.1) is 0 Å². The Labute approximate surface area is 72.2 Å². The minimum atomic E-state index is 0.749. The quantitative estimate of drug-likeness (QED) is 0.542. The average Bonchev–Trinajstić information content (AvgIpc) is 2.06. The smallest absolute Gasteiger partial charge is 0.0481 e. The van der Waals surface area contributed by atoms with Crippen LogP contribution < -0.4 is 0 Å². The normalized spacial score (nSPS) is 29.7. The van der Waals surface area contributed by atoms with Gasteiger partial charge in [-0.25, -0.2) is 0 Å². The van der Waals surface area contributed by atoms with Crippen molar-refractivity contribution < 1.29 is 0 Å².